The van der Waals surface area contributed by atoms with E-state index in [2.05, 4.69) is 11.8 Å². The van der Waals surface area contributed by atoms with Crippen LogP contribution in [0.4, 0.5) is 4.39 Å². The van der Waals surface area contributed by atoms with Crippen molar-refractivity contribution < 1.29 is 55.4 Å². The lowest BCUT2D eigenvalue weighted by molar-refractivity contribution is -0.155. The normalized spacial score (nSPS) is 26.1. The largest absolute Gasteiger partial charge is 0.472 e. The van der Waals surface area contributed by atoms with Gasteiger partial charge in [0.2, 0.25) is 0 Å². The summed E-state index contributed by atoms with van der Waals surface area (Å²) in [5, 5.41) is 0. The van der Waals surface area contributed by atoms with Gasteiger partial charge in [0.1, 0.15) is 36.4 Å². The van der Waals surface area contributed by atoms with Gasteiger partial charge < -0.3 is 23.7 Å². The van der Waals surface area contributed by atoms with Crippen LogP contribution in [0.5, 0.6) is 5.75 Å². The maximum absolute atomic E-state index is 14.6. The third-order valence-corrected chi connectivity index (χ3v) is 7.50. The van der Waals surface area contributed by atoms with Crippen molar-refractivity contribution in [2.24, 2.45) is 11.8 Å². The molecular formula is C28H25FO11S. The van der Waals surface area contributed by atoms with Crippen molar-refractivity contribution in [2.45, 2.75) is 43.9 Å². The van der Waals surface area contributed by atoms with Gasteiger partial charge in [-0.3, -0.25) is 14.1 Å². The molecule has 6 unspecified atom stereocenters. The van der Waals surface area contributed by atoms with Gasteiger partial charge in [-0.25, -0.2) is 9.18 Å². The summed E-state index contributed by atoms with van der Waals surface area (Å²) in [6.45, 7) is 2.63. The Balaban J connectivity index is 1.29. The Hall–Kier alpha value is -3.99. The van der Waals surface area contributed by atoms with Crippen LogP contribution in [-0.4, -0.2) is 73.3 Å². The maximum Gasteiger partial charge on any atom is 0.338 e. The number of ether oxygens (including phenoxy) is 5. The number of hydrogen-bond acceptors (Lipinski definition) is 10. The Labute approximate surface area is 234 Å². The zero-order valence-electron chi connectivity index (χ0n) is 21.8. The van der Waals surface area contributed by atoms with Crippen molar-refractivity contribution in [1.29, 1.82) is 0 Å². The molecule has 3 fully saturated rings. The van der Waals surface area contributed by atoms with E-state index in [0.29, 0.717) is 0 Å². The van der Waals surface area contributed by atoms with E-state index in [1.54, 1.807) is 13.8 Å². The molecule has 3 aliphatic heterocycles. The van der Waals surface area contributed by atoms with Gasteiger partial charge in [-0.2, -0.15) is 8.42 Å². The molecule has 216 valence electrons. The third-order valence-electron chi connectivity index (χ3n) is 6.82. The molecule has 5 rings (SSSR count). The van der Waals surface area contributed by atoms with Gasteiger partial charge >= 0.3 is 17.9 Å². The zero-order chi connectivity index (χ0) is 29.5. The van der Waals surface area contributed by atoms with Crippen LogP contribution in [0.2, 0.25) is 0 Å². The van der Waals surface area contributed by atoms with Crippen LogP contribution in [-0.2, 0) is 38.7 Å². The van der Waals surface area contributed by atoms with Crippen molar-refractivity contribution >= 4 is 28.0 Å². The molecule has 3 aliphatic rings. The fourth-order valence-corrected chi connectivity index (χ4v) is 5.32. The smallest absolute Gasteiger partial charge is 0.338 e. The number of hydrogen-bond donors (Lipinski definition) is 1. The fraction of sp³-hybridized carbons (Fsp3) is 0.393. The Kier molecular flexibility index (Phi) is 7.50. The molecule has 0 saturated carbocycles. The first-order valence-corrected chi connectivity index (χ1v) is 14.2. The van der Waals surface area contributed by atoms with E-state index < -0.39 is 88.1 Å². The van der Waals surface area contributed by atoms with Crippen LogP contribution in [0, 0.1) is 29.5 Å². The summed E-state index contributed by atoms with van der Waals surface area (Å²) in [4.78, 5) is 38.3. The van der Waals surface area contributed by atoms with E-state index in [-0.39, 0.29) is 11.3 Å². The lowest BCUT2D eigenvalue weighted by atomic mass is 9.78. The minimum atomic E-state index is -4.38. The topological polar surface area (TPSA) is 152 Å². The van der Waals surface area contributed by atoms with Crippen molar-refractivity contribution in [3.63, 3.8) is 0 Å². The van der Waals surface area contributed by atoms with Crippen molar-refractivity contribution in [3.05, 3.63) is 65.5 Å². The summed E-state index contributed by atoms with van der Waals surface area (Å²) in [5.41, 5.74) is -0.470. The summed E-state index contributed by atoms with van der Waals surface area (Å²) >= 11 is 0. The van der Waals surface area contributed by atoms with Gasteiger partial charge in [0.25, 0.3) is 10.1 Å². The molecule has 0 aromatic heterocycles. The number of benzene rings is 2. The molecule has 41 heavy (non-hydrogen) atoms. The number of carbonyl (C=O) groups is 3. The molecule has 0 aliphatic carbocycles. The number of halogens is 1. The van der Waals surface area contributed by atoms with Crippen LogP contribution >= 0.6 is 0 Å². The van der Waals surface area contributed by atoms with E-state index in [9.17, 15) is 27.2 Å². The van der Waals surface area contributed by atoms with Crippen LogP contribution < -0.4 is 4.74 Å². The van der Waals surface area contributed by atoms with E-state index in [4.69, 9.17) is 28.2 Å². The summed E-state index contributed by atoms with van der Waals surface area (Å²) in [5.74, 6) is -0.782. The van der Waals surface area contributed by atoms with Crippen molar-refractivity contribution in [2.75, 3.05) is 12.4 Å². The molecule has 3 heterocycles. The molecule has 3 saturated heterocycles. The molecule has 0 amide bonds. The highest BCUT2D eigenvalue weighted by molar-refractivity contribution is 7.85. The second-order valence-corrected chi connectivity index (χ2v) is 11.8. The Morgan fingerprint density at radius 3 is 2.54 bits per heavy atom. The first-order chi connectivity index (χ1) is 19.3. The van der Waals surface area contributed by atoms with Crippen LogP contribution in [0.15, 0.2) is 48.5 Å². The average Bonchev–Trinajstić information content (AvgIpc) is 3.52. The molecule has 13 heteroatoms. The molecule has 11 nitrogen and oxygen atoms in total. The minimum absolute atomic E-state index is 0.0795. The molecule has 6 atom stereocenters. The maximum atomic E-state index is 14.6. The molecule has 0 radical (unpaired) electrons. The van der Waals surface area contributed by atoms with E-state index in [1.165, 1.54) is 6.07 Å². The molecule has 2 bridgehead atoms. The highest BCUT2D eigenvalue weighted by atomic mass is 32.2. The van der Waals surface area contributed by atoms with E-state index in [0.717, 1.165) is 17.7 Å². The minimum Gasteiger partial charge on any atom is -0.472 e. The lowest BCUT2D eigenvalue weighted by Gasteiger charge is -2.27. The number of fused-ring (bicyclic) bond motifs is 1. The van der Waals surface area contributed by atoms with Gasteiger partial charge in [-0.15, -0.1) is 0 Å². The highest BCUT2D eigenvalue weighted by Gasteiger charge is 2.72. The molecule has 1 N–H and O–H groups in total. The summed E-state index contributed by atoms with van der Waals surface area (Å²) in [6, 6.07) is 12.5. The summed E-state index contributed by atoms with van der Waals surface area (Å²) in [7, 11) is -4.38. The number of carbonyl (C=O) groups excluding carboxylic acids is 3. The fourth-order valence-electron chi connectivity index (χ4n) is 5.03. The van der Waals surface area contributed by atoms with Gasteiger partial charge in [-0.1, -0.05) is 30.0 Å². The Bertz CT molecular complexity index is 1540. The monoisotopic (exact) mass is 588 g/mol. The quantitative estimate of drug-likeness (QED) is 0.208. The molecule has 2 aromatic carbocycles. The first-order valence-electron chi connectivity index (χ1n) is 12.6. The van der Waals surface area contributed by atoms with Gasteiger partial charge in [0, 0.05) is 5.56 Å². The molecule has 0 spiro atoms. The van der Waals surface area contributed by atoms with E-state index in [1.807, 2.05) is 30.3 Å². The van der Waals surface area contributed by atoms with Gasteiger partial charge in [0.15, 0.2) is 29.4 Å². The third kappa shape index (κ3) is 6.04. The van der Waals surface area contributed by atoms with Gasteiger partial charge in [0.05, 0.1) is 5.56 Å². The average molecular weight is 589 g/mol. The van der Waals surface area contributed by atoms with Crippen LogP contribution in [0.25, 0.3) is 0 Å². The molecule has 2 aromatic rings. The molecular weight excluding hydrogens is 563 g/mol. The Morgan fingerprint density at radius 2 is 1.83 bits per heavy atom. The SMILES string of the molecule is CC(C)(C#Cc1ccccc1)Oc1cc(C(=O)OC2C3OC(=O)C4C3OC2C4C(=O)OCCS(=O)(=O)O)ccc1F. The predicted octanol–water partition coefficient (Wildman–Crippen LogP) is 1.93. The summed E-state index contributed by atoms with van der Waals surface area (Å²) in [6.07, 6.45) is -4.13. The first kappa shape index (κ1) is 28.5. The predicted molar refractivity (Wildman–Crippen MR) is 137 cm³/mol. The second-order valence-electron chi connectivity index (χ2n) is 10.2. The standard InChI is InChI=1S/C28H25FO11S/c1-28(2,11-10-15-6-4-3-5-7-15)40-18-14-16(8-9-17(18)29)25(30)38-23-21-19(26(31)36-12-13-41(33,34)35)20-22(37-21)24(23)39-27(20)32/h3-9,14,19-24H,12-13H2,1-2H3,(H,33,34,35). The summed E-state index contributed by atoms with van der Waals surface area (Å²) < 4.78 is 72.7. The van der Waals surface area contributed by atoms with Crippen molar-refractivity contribution in [1.82, 2.24) is 0 Å². The number of rotatable bonds is 8. The van der Waals surface area contributed by atoms with Gasteiger partial charge in [-0.05, 0) is 44.2 Å². The second kappa shape index (κ2) is 10.8. The zero-order valence-corrected chi connectivity index (χ0v) is 22.6. The van der Waals surface area contributed by atoms with E-state index >= 15 is 0 Å². The highest BCUT2D eigenvalue weighted by Crippen LogP contribution is 2.51. The Morgan fingerprint density at radius 1 is 1.10 bits per heavy atom. The van der Waals surface area contributed by atoms with Crippen LogP contribution in [0.1, 0.15) is 29.8 Å². The van der Waals surface area contributed by atoms with Crippen molar-refractivity contribution in [3.8, 4) is 17.6 Å². The lowest BCUT2D eigenvalue weighted by Crippen LogP contribution is -2.48. The van der Waals surface area contributed by atoms with Crippen LogP contribution in [0.3, 0.4) is 0 Å². The number of esters is 3.